The second-order valence-electron chi connectivity index (χ2n) is 1.83. The number of benzene rings is 1. The lowest BCUT2D eigenvalue weighted by molar-refractivity contribution is 0.427. The van der Waals surface area contributed by atoms with E-state index in [1.165, 1.54) is 0 Å². The molecule has 1 aromatic carbocycles. The van der Waals surface area contributed by atoms with Crippen LogP contribution >= 0.6 is 0 Å². The molecule has 1 aromatic rings. The fourth-order valence-corrected chi connectivity index (χ4v) is 0.552. The van der Waals surface area contributed by atoms with Crippen LogP contribution in [0.15, 0.2) is 12.1 Å². The summed E-state index contributed by atoms with van der Waals surface area (Å²) in [6.45, 7) is 0. The predicted molar refractivity (Wildman–Crippen MR) is 33.4 cm³/mol. The molecule has 0 bridgehead atoms. The molecule has 0 amide bonds. The van der Waals surface area contributed by atoms with E-state index in [2.05, 4.69) is 0 Å². The van der Waals surface area contributed by atoms with Crippen molar-refractivity contribution in [2.24, 2.45) is 0 Å². The van der Waals surface area contributed by atoms with Crippen LogP contribution < -0.4 is 5.46 Å². The van der Waals surface area contributed by atoms with Gasteiger partial charge >= 0.3 is 0 Å². The number of phenolic OH excluding ortho intramolecular Hbond substituents is 1. The van der Waals surface area contributed by atoms with E-state index in [-0.39, 0.29) is 5.46 Å². The summed E-state index contributed by atoms with van der Waals surface area (Å²) in [6, 6.07) is 1.36. The Morgan fingerprint density at radius 1 is 1.20 bits per heavy atom. The minimum absolute atomic E-state index is 0.310. The van der Waals surface area contributed by atoms with E-state index in [1.54, 1.807) is 0 Å². The highest BCUT2D eigenvalue weighted by molar-refractivity contribution is 6.32. The Kier molecular flexibility index (Phi) is 1.61. The van der Waals surface area contributed by atoms with E-state index >= 15 is 0 Å². The molecule has 0 fully saturated rings. The molecule has 1 nitrogen and oxygen atoms in total. The summed E-state index contributed by atoms with van der Waals surface area (Å²) in [5, 5.41) is 8.55. The molecule has 0 atom stereocenters. The zero-order valence-electron chi connectivity index (χ0n) is 4.94. The lowest BCUT2D eigenvalue weighted by Crippen LogP contribution is -2.08. The molecule has 0 aromatic heterocycles. The second kappa shape index (κ2) is 2.29. The van der Waals surface area contributed by atoms with Crippen molar-refractivity contribution in [2.75, 3.05) is 0 Å². The monoisotopic (exact) mass is 140 g/mol. The van der Waals surface area contributed by atoms with Gasteiger partial charge in [-0.1, -0.05) is 5.46 Å². The molecule has 50 valence electrons. The van der Waals surface area contributed by atoms with Crippen molar-refractivity contribution in [2.45, 2.75) is 0 Å². The SMILES string of the molecule is [B]c1cc(F)c(O)cc1F. The highest BCUT2D eigenvalue weighted by Crippen LogP contribution is 2.13. The van der Waals surface area contributed by atoms with Gasteiger partial charge in [0.05, 0.1) is 0 Å². The lowest BCUT2D eigenvalue weighted by atomic mass is 9.95. The van der Waals surface area contributed by atoms with Crippen LogP contribution in [-0.2, 0) is 0 Å². The van der Waals surface area contributed by atoms with Crippen LogP contribution in [0, 0.1) is 11.6 Å². The van der Waals surface area contributed by atoms with E-state index in [1.807, 2.05) is 0 Å². The van der Waals surface area contributed by atoms with Gasteiger partial charge in [-0.05, 0) is 6.07 Å². The number of rotatable bonds is 0. The van der Waals surface area contributed by atoms with Gasteiger partial charge in [0, 0.05) is 6.07 Å². The van der Waals surface area contributed by atoms with Crippen LogP contribution in [0.4, 0.5) is 8.78 Å². The first-order valence-electron chi connectivity index (χ1n) is 2.54. The van der Waals surface area contributed by atoms with Crippen LogP contribution in [0.1, 0.15) is 0 Å². The van der Waals surface area contributed by atoms with E-state index < -0.39 is 17.4 Å². The average Bonchev–Trinajstić information content (AvgIpc) is 1.84. The van der Waals surface area contributed by atoms with Gasteiger partial charge in [-0.15, -0.1) is 0 Å². The summed E-state index contributed by atoms with van der Waals surface area (Å²) in [6.07, 6.45) is 0. The largest absolute Gasteiger partial charge is 0.505 e. The number of phenols is 1. The molecule has 0 aliphatic heterocycles. The first-order valence-corrected chi connectivity index (χ1v) is 2.54. The summed E-state index contributed by atoms with van der Waals surface area (Å²) in [5.41, 5.74) is -0.310. The molecule has 0 heterocycles. The highest BCUT2D eigenvalue weighted by Gasteiger charge is 2.03. The predicted octanol–water partition coefficient (Wildman–Crippen LogP) is 0.464. The molecule has 1 N–H and O–H groups in total. The molecule has 0 unspecified atom stereocenters. The Balaban J connectivity index is 3.28. The molecule has 0 aliphatic carbocycles. The van der Waals surface area contributed by atoms with Crippen LogP contribution in [0.3, 0.4) is 0 Å². The van der Waals surface area contributed by atoms with E-state index in [9.17, 15) is 8.78 Å². The van der Waals surface area contributed by atoms with Gasteiger partial charge < -0.3 is 5.11 Å². The van der Waals surface area contributed by atoms with Gasteiger partial charge in [-0.25, -0.2) is 8.78 Å². The van der Waals surface area contributed by atoms with Crippen molar-refractivity contribution >= 4 is 13.3 Å². The third kappa shape index (κ3) is 1.10. The molecule has 0 saturated carbocycles. The molecule has 0 spiro atoms. The van der Waals surface area contributed by atoms with Crippen LogP contribution in [-0.4, -0.2) is 13.0 Å². The minimum Gasteiger partial charge on any atom is -0.505 e. The van der Waals surface area contributed by atoms with Crippen LogP contribution in [0.2, 0.25) is 0 Å². The Morgan fingerprint density at radius 2 is 1.80 bits per heavy atom. The van der Waals surface area contributed by atoms with E-state index in [0.717, 1.165) is 6.07 Å². The van der Waals surface area contributed by atoms with Gasteiger partial charge in [-0.2, -0.15) is 0 Å². The molecule has 10 heavy (non-hydrogen) atoms. The van der Waals surface area contributed by atoms with Crippen LogP contribution in [0.25, 0.3) is 0 Å². The Hall–Kier alpha value is -1.06. The van der Waals surface area contributed by atoms with Crippen molar-refractivity contribution in [3.8, 4) is 5.75 Å². The zero-order chi connectivity index (χ0) is 7.72. The summed E-state index contributed by atoms with van der Waals surface area (Å²) < 4.78 is 24.6. The summed E-state index contributed by atoms with van der Waals surface area (Å²) >= 11 is 0. The maximum Gasteiger partial charge on any atom is 0.164 e. The molecular formula is C6H3BF2O. The fourth-order valence-electron chi connectivity index (χ4n) is 0.552. The average molecular weight is 140 g/mol. The highest BCUT2D eigenvalue weighted by atomic mass is 19.1. The number of halogens is 2. The van der Waals surface area contributed by atoms with Crippen molar-refractivity contribution in [3.05, 3.63) is 23.8 Å². The van der Waals surface area contributed by atoms with Gasteiger partial charge in [0.2, 0.25) is 0 Å². The topological polar surface area (TPSA) is 20.2 Å². The molecule has 0 aliphatic rings. The normalized spacial score (nSPS) is 9.80. The van der Waals surface area contributed by atoms with Crippen molar-refractivity contribution in [3.63, 3.8) is 0 Å². The van der Waals surface area contributed by atoms with E-state index in [4.69, 9.17) is 13.0 Å². The first-order chi connectivity index (χ1) is 4.61. The Bertz CT molecular complexity index is 212. The molecular weight excluding hydrogens is 137 g/mol. The quantitative estimate of drug-likeness (QED) is 0.519. The minimum atomic E-state index is -0.918. The summed E-state index contributed by atoms with van der Waals surface area (Å²) in [7, 11) is 4.96. The van der Waals surface area contributed by atoms with Gasteiger partial charge in [0.15, 0.2) is 11.6 Å². The third-order valence-corrected chi connectivity index (χ3v) is 1.07. The Morgan fingerprint density at radius 3 is 2.30 bits per heavy atom. The van der Waals surface area contributed by atoms with Crippen LogP contribution in [0.5, 0.6) is 5.75 Å². The third-order valence-electron chi connectivity index (χ3n) is 1.07. The number of hydrogen-bond acceptors (Lipinski definition) is 1. The first kappa shape index (κ1) is 7.06. The summed E-state index contributed by atoms with van der Waals surface area (Å²) in [4.78, 5) is 0. The van der Waals surface area contributed by atoms with Crippen molar-refractivity contribution < 1.29 is 13.9 Å². The standard InChI is InChI=1S/C6H3BF2O/c7-3-1-5(9)6(10)2-4(3)8/h1-2,10H. The molecule has 0 saturated heterocycles. The second-order valence-corrected chi connectivity index (χ2v) is 1.83. The maximum absolute atomic E-state index is 12.3. The fraction of sp³-hybridized carbons (Fsp3) is 0. The number of aromatic hydroxyl groups is 1. The molecule has 2 radical (unpaired) electrons. The number of hydrogen-bond donors (Lipinski definition) is 1. The molecule has 1 rings (SSSR count). The Labute approximate surface area is 57.7 Å². The van der Waals surface area contributed by atoms with E-state index in [0.29, 0.717) is 6.07 Å². The van der Waals surface area contributed by atoms with Gasteiger partial charge in [0.1, 0.15) is 13.7 Å². The van der Waals surface area contributed by atoms with Crippen molar-refractivity contribution in [1.29, 1.82) is 0 Å². The smallest absolute Gasteiger partial charge is 0.164 e. The molecule has 4 heteroatoms. The van der Waals surface area contributed by atoms with Gasteiger partial charge in [0.25, 0.3) is 0 Å². The van der Waals surface area contributed by atoms with Gasteiger partial charge in [-0.3, -0.25) is 0 Å². The zero-order valence-corrected chi connectivity index (χ0v) is 4.94. The lowest BCUT2D eigenvalue weighted by Gasteiger charge is -1.97. The maximum atomic E-state index is 12.3. The summed E-state index contributed by atoms with van der Waals surface area (Å²) in [5.74, 6) is -2.47. The van der Waals surface area contributed by atoms with Crippen molar-refractivity contribution in [1.82, 2.24) is 0 Å².